The lowest BCUT2D eigenvalue weighted by Gasteiger charge is -2.13. The van der Waals surface area contributed by atoms with Crippen molar-refractivity contribution in [3.8, 4) is 5.69 Å². The molecule has 0 aliphatic rings. The summed E-state index contributed by atoms with van der Waals surface area (Å²) >= 11 is 7.89. The lowest BCUT2D eigenvalue weighted by Crippen LogP contribution is -2.28. The molecular formula is C26H23N5O5S4. The summed E-state index contributed by atoms with van der Waals surface area (Å²) in [7, 11) is -3.76. The minimum absolute atomic E-state index is 0.0260. The van der Waals surface area contributed by atoms with Crippen LogP contribution in [0.1, 0.15) is 11.3 Å². The molecule has 0 radical (unpaired) electrons. The van der Waals surface area contributed by atoms with Crippen LogP contribution in [0.4, 0.5) is 0 Å². The maximum absolute atomic E-state index is 13.7. The second kappa shape index (κ2) is 11.9. The van der Waals surface area contributed by atoms with Gasteiger partial charge in [0.1, 0.15) is 10.5 Å². The van der Waals surface area contributed by atoms with Gasteiger partial charge in [0.2, 0.25) is 15.9 Å². The van der Waals surface area contributed by atoms with Crippen molar-refractivity contribution in [3.05, 3.63) is 98.6 Å². The van der Waals surface area contributed by atoms with Gasteiger partial charge in [-0.3, -0.25) is 18.7 Å². The number of thiazole rings is 1. The van der Waals surface area contributed by atoms with E-state index in [2.05, 4.69) is 5.32 Å². The molecule has 0 saturated heterocycles. The highest BCUT2D eigenvalue weighted by atomic mass is 32.2. The molecule has 0 unspecified atom stereocenters. The number of fused-ring (bicyclic) bond motifs is 1. The number of carbonyl (C=O) groups is 1. The van der Waals surface area contributed by atoms with Crippen molar-refractivity contribution in [2.45, 2.75) is 23.0 Å². The Balaban J connectivity index is 1.35. The first-order valence-corrected chi connectivity index (χ1v) is 15.7. The molecule has 0 aliphatic heterocycles. The first kappa shape index (κ1) is 28.0. The van der Waals surface area contributed by atoms with E-state index >= 15 is 0 Å². The summed E-state index contributed by atoms with van der Waals surface area (Å²) in [5, 5.41) is 8.34. The normalized spacial score (nSPS) is 11.6. The van der Waals surface area contributed by atoms with Crippen molar-refractivity contribution in [2.24, 2.45) is 5.14 Å². The van der Waals surface area contributed by atoms with E-state index < -0.39 is 10.0 Å². The molecule has 3 N–H and O–H groups in total. The quantitative estimate of drug-likeness (QED) is 0.138. The molecule has 206 valence electrons. The molecule has 14 heteroatoms. The Hall–Kier alpha value is -3.56. The third kappa shape index (κ3) is 6.26. The number of hydrogen-bond acceptors (Lipinski definition) is 9. The maximum atomic E-state index is 13.7. The summed E-state index contributed by atoms with van der Waals surface area (Å²) in [6.07, 6.45) is 2.08. The van der Waals surface area contributed by atoms with Gasteiger partial charge in [0.25, 0.3) is 5.56 Å². The van der Waals surface area contributed by atoms with E-state index in [0.717, 1.165) is 17.3 Å². The number of benzene rings is 2. The number of nitrogens with zero attached hydrogens (tertiary/aromatic N) is 3. The molecule has 0 aliphatic carbocycles. The second-order valence-electron chi connectivity index (χ2n) is 8.63. The summed E-state index contributed by atoms with van der Waals surface area (Å²) in [4.78, 5) is 31.2. The molecule has 2 aromatic carbocycles. The molecule has 1 amide bonds. The number of thioether (sulfide) groups is 1. The predicted molar refractivity (Wildman–Crippen MR) is 157 cm³/mol. The van der Waals surface area contributed by atoms with Crippen LogP contribution in [-0.4, -0.2) is 40.7 Å². The molecule has 0 atom stereocenters. The number of rotatable bonds is 10. The summed E-state index contributed by atoms with van der Waals surface area (Å²) < 4.78 is 32.5. The SMILES string of the molecule is NS(=O)(=O)c1ccc(CCNC(=O)CSc2nc3c(sc(=S)n3Cc3ccco3)c(=O)n2-c2ccccc2)cc1. The fraction of sp³-hybridized carbons (Fsp3) is 0.154. The first-order valence-electron chi connectivity index (χ1n) is 12.0. The fourth-order valence-electron chi connectivity index (χ4n) is 3.95. The summed E-state index contributed by atoms with van der Waals surface area (Å²) in [6, 6.07) is 18.9. The van der Waals surface area contributed by atoms with E-state index in [-0.39, 0.29) is 22.1 Å². The highest BCUT2D eigenvalue weighted by Crippen LogP contribution is 2.26. The van der Waals surface area contributed by atoms with Crippen LogP contribution in [0.2, 0.25) is 0 Å². The van der Waals surface area contributed by atoms with Gasteiger partial charge in [-0.25, -0.2) is 18.5 Å². The van der Waals surface area contributed by atoms with Gasteiger partial charge in [0.05, 0.1) is 29.1 Å². The molecule has 10 nitrogen and oxygen atoms in total. The number of primary sulfonamides is 1. The Morgan fingerprint density at radius 1 is 1.10 bits per heavy atom. The largest absolute Gasteiger partial charge is 0.467 e. The number of aromatic nitrogens is 3. The van der Waals surface area contributed by atoms with Crippen LogP contribution in [0.15, 0.2) is 92.3 Å². The van der Waals surface area contributed by atoms with Gasteiger partial charge in [-0.1, -0.05) is 53.4 Å². The lowest BCUT2D eigenvalue weighted by atomic mass is 10.1. The second-order valence-corrected chi connectivity index (χ2v) is 12.8. The molecule has 0 bridgehead atoms. The molecule has 0 fully saturated rings. The van der Waals surface area contributed by atoms with E-state index in [1.165, 1.54) is 28.0 Å². The molecule has 5 aromatic rings. The molecule has 5 rings (SSSR count). The fourth-order valence-corrected chi connectivity index (χ4v) is 6.56. The lowest BCUT2D eigenvalue weighted by molar-refractivity contribution is -0.118. The highest BCUT2D eigenvalue weighted by molar-refractivity contribution is 7.99. The van der Waals surface area contributed by atoms with Crippen LogP contribution in [0.3, 0.4) is 0 Å². The average molecular weight is 614 g/mol. The zero-order valence-corrected chi connectivity index (χ0v) is 24.1. The van der Waals surface area contributed by atoms with Gasteiger partial charge < -0.3 is 9.73 Å². The summed E-state index contributed by atoms with van der Waals surface area (Å²) in [5.41, 5.74) is 1.65. The van der Waals surface area contributed by atoms with E-state index in [1.54, 1.807) is 41.2 Å². The van der Waals surface area contributed by atoms with Gasteiger partial charge >= 0.3 is 0 Å². The number of carbonyl (C=O) groups excluding carboxylic acids is 1. The van der Waals surface area contributed by atoms with Crippen LogP contribution < -0.4 is 16.0 Å². The summed E-state index contributed by atoms with van der Waals surface area (Å²) in [5.74, 6) is 0.466. The number of para-hydroxylation sites is 1. The molecule has 3 heterocycles. The van der Waals surface area contributed by atoms with Crippen LogP contribution in [0.25, 0.3) is 16.0 Å². The smallest absolute Gasteiger partial charge is 0.278 e. The van der Waals surface area contributed by atoms with Crippen molar-refractivity contribution in [1.82, 2.24) is 19.4 Å². The van der Waals surface area contributed by atoms with Gasteiger partial charge in [-0.2, -0.15) is 0 Å². The van der Waals surface area contributed by atoms with Crippen molar-refractivity contribution in [3.63, 3.8) is 0 Å². The highest BCUT2D eigenvalue weighted by Gasteiger charge is 2.19. The van der Waals surface area contributed by atoms with Gasteiger partial charge in [-0.15, -0.1) is 0 Å². The van der Waals surface area contributed by atoms with E-state index in [9.17, 15) is 18.0 Å². The molecular weight excluding hydrogens is 591 g/mol. The zero-order chi connectivity index (χ0) is 28.3. The minimum atomic E-state index is -3.76. The summed E-state index contributed by atoms with van der Waals surface area (Å²) in [6.45, 7) is 0.676. The standard InChI is InChI=1S/C26H23N5O5S4/c27-40(34,35)20-10-8-17(9-11-20)12-13-28-21(32)16-38-25-29-23-22(24(33)31(25)18-5-2-1-3-6-18)39-26(37)30(23)15-19-7-4-14-36-19/h1-11,14H,12-13,15-16H2,(H,28,32)(H2,27,34,35). The van der Waals surface area contributed by atoms with Crippen molar-refractivity contribution >= 4 is 61.6 Å². The first-order chi connectivity index (χ1) is 19.2. The monoisotopic (exact) mass is 613 g/mol. The molecule has 0 saturated carbocycles. The Morgan fingerprint density at radius 2 is 1.85 bits per heavy atom. The molecule has 3 aromatic heterocycles. The number of nitrogens with two attached hydrogens (primary N) is 1. The Kier molecular flexibility index (Phi) is 8.32. The molecule has 0 spiro atoms. The maximum Gasteiger partial charge on any atom is 0.278 e. The van der Waals surface area contributed by atoms with E-state index in [0.29, 0.717) is 50.4 Å². The van der Waals surface area contributed by atoms with Crippen molar-refractivity contribution < 1.29 is 17.6 Å². The van der Waals surface area contributed by atoms with Crippen LogP contribution in [0, 0.1) is 3.95 Å². The van der Waals surface area contributed by atoms with Crippen LogP contribution in [-0.2, 0) is 27.8 Å². The number of furan rings is 1. The van der Waals surface area contributed by atoms with Gasteiger partial charge in [-0.05, 0) is 60.6 Å². The number of hydrogen-bond donors (Lipinski definition) is 2. The third-order valence-corrected chi connectivity index (χ3v) is 9.18. The number of nitrogens with one attached hydrogen (secondary N) is 1. The predicted octanol–water partition coefficient (Wildman–Crippen LogP) is 3.72. The topological polar surface area (TPSA) is 142 Å². The van der Waals surface area contributed by atoms with Gasteiger partial charge in [0, 0.05) is 6.54 Å². The Morgan fingerprint density at radius 3 is 2.52 bits per heavy atom. The van der Waals surface area contributed by atoms with E-state index in [1.807, 2.05) is 24.3 Å². The van der Waals surface area contributed by atoms with Crippen molar-refractivity contribution in [1.29, 1.82) is 0 Å². The zero-order valence-electron chi connectivity index (χ0n) is 20.8. The third-order valence-electron chi connectivity index (χ3n) is 5.89. The Labute approximate surface area is 242 Å². The number of amides is 1. The van der Waals surface area contributed by atoms with E-state index in [4.69, 9.17) is 26.8 Å². The van der Waals surface area contributed by atoms with Crippen molar-refractivity contribution in [2.75, 3.05) is 12.3 Å². The Bertz CT molecular complexity index is 1880. The van der Waals surface area contributed by atoms with Gasteiger partial charge in [0.15, 0.2) is 14.8 Å². The minimum Gasteiger partial charge on any atom is -0.467 e. The number of sulfonamides is 1. The van der Waals surface area contributed by atoms with Crippen LogP contribution >= 0.6 is 35.3 Å². The van der Waals surface area contributed by atoms with Crippen LogP contribution in [0.5, 0.6) is 0 Å². The molecule has 40 heavy (non-hydrogen) atoms. The average Bonchev–Trinajstić information content (AvgIpc) is 3.56.